The molecule has 0 aromatic heterocycles. The van der Waals surface area contributed by atoms with Crippen LogP contribution in [0.15, 0.2) is 4.99 Å². The number of ether oxygens (including phenoxy) is 1. The normalized spacial score (nSPS) is 12.2. The summed E-state index contributed by atoms with van der Waals surface area (Å²) in [6, 6.07) is 0. The van der Waals surface area contributed by atoms with Crippen LogP contribution in [0, 0.1) is 5.41 Å². The van der Waals surface area contributed by atoms with E-state index >= 15 is 0 Å². The minimum atomic E-state index is -0.348. The first-order chi connectivity index (χ1) is 9.41. The number of hydrogen-bond donors (Lipinski definition) is 3. The Hall–Kier alpha value is -1.30. The van der Waals surface area contributed by atoms with Crippen molar-refractivity contribution in [1.82, 2.24) is 16.0 Å². The summed E-state index contributed by atoms with van der Waals surface area (Å²) in [7, 11) is 1.69. The lowest BCUT2D eigenvalue weighted by molar-refractivity contribution is -0.128. The first kappa shape index (κ1) is 18.7. The molecule has 0 bridgehead atoms. The minimum absolute atomic E-state index is 0.0568. The zero-order chi connectivity index (χ0) is 15.4. The quantitative estimate of drug-likeness (QED) is 0.349. The van der Waals surface area contributed by atoms with Crippen LogP contribution in [0.4, 0.5) is 0 Å². The summed E-state index contributed by atoms with van der Waals surface area (Å²) in [5.41, 5.74) is -0.348. The number of carbonyl (C=O) groups excluding carboxylic acids is 1. The van der Waals surface area contributed by atoms with Crippen molar-refractivity contribution in [3.05, 3.63) is 0 Å². The monoisotopic (exact) mass is 286 g/mol. The highest BCUT2D eigenvalue weighted by molar-refractivity contribution is 5.81. The van der Waals surface area contributed by atoms with E-state index in [0.29, 0.717) is 19.7 Å². The number of nitrogens with one attached hydrogen (secondary N) is 3. The molecule has 0 aliphatic rings. The fraction of sp³-hybridized carbons (Fsp3) is 0.857. The lowest BCUT2D eigenvalue weighted by atomic mass is 9.96. The van der Waals surface area contributed by atoms with E-state index in [9.17, 15) is 4.79 Å². The van der Waals surface area contributed by atoms with E-state index in [1.54, 1.807) is 7.11 Å². The van der Waals surface area contributed by atoms with Crippen LogP contribution in [-0.4, -0.2) is 51.8 Å². The Morgan fingerprint density at radius 1 is 1.15 bits per heavy atom. The number of amides is 1. The van der Waals surface area contributed by atoms with Gasteiger partial charge < -0.3 is 20.7 Å². The molecule has 0 aliphatic heterocycles. The Kier molecular flexibility index (Phi) is 9.80. The highest BCUT2D eigenvalue weighted by atomic mass is 16.5. The van der Waals surface area contributed by atoms with Crippen molar-refractivity contribution >= 4 is 11.9 Å². The van der Waals surface area contributed by atoms with Gasteiger partial charge in [-0.2, -0.15) is 0 Å². The van der Waals surface area contributed by atoms with Crippen molar-refractivity contribution in [3.8, 4) is 0 Å². The summed E-state index contributed by atoms with van der Waals surface area (Å²) in [5.74, 6) is 0.829. The average Bonchev–Trinajstić information content (AvgIpc) is 2.38. The van der Waals surface area contributed by atoms with Crippen LogP contribution in [0.5, 0.6) is 0 Å². The number of nitrogens with zero attached hydrogens (tertiary/aromatic N) is 1. The molecule has 0 spiro atoms. The summed E-state index contributed by atoms with van der Waals surface area (Å²) in [5, 5.41) is 9.24. The Morgan fingerprint density at radius 2 is 1.80 bits per heavy atom. The van der Waals surface area contributed by atoms with Crippen LogP contribution in [-0.2, 0) is 9.53 Å². The zero-order valence-electron chi connectivity index (χ0n) is 13.5. The molecule has 0 saturated carbocycles. The minimum Gasteiger partial charge on any atom is -0.385 e. The molecule has 0 fully saturated rings. The van der Waals surface area contributed by atoms with Crippen LogP contribution >= 0.6 is 0 Å². The van der Waals surface area contributed by atoms with Gasteiger partial charge in [-0.25, -0.2) is 0 Å². The molecule has 0 radical (unpaired) electrons. The smallest absolute Gasteiger partial charge is 0.225 e. The second-order valence-electron chi connectivity index (χ2n) is 5.54. The number of hydrogen-bond acceptors (Lipinski definition) is 3. The van der Waals surface area contributed by atoms with Gasteiger partial charge >= 0.3 is 0 Å². The van der Waals surface area contributed by atoms with Crippen molar-refractivity contribution in [2.24, 2.45) is 10.4 Å². The summed E-state index contributed by atoms with van der Waals surface area (Å²) in [6.45, 7) is 11.2. The number of methoxy groups -OCH3 is 1. The van der Waals surface area contributed by atoms with Crippen LogP contribution in [0.3, 0.4) is 0 Å². The van der Waals surface area contributed by atoms with Crippen molar-refractivity contribution < 1.29 is 9.53 Å². The van der Waals surface area contributed by atoms with Crippen molar-refractivity contribution in [2.45, 2.75) is 34.1 Å². The third kappa shape index (κ3) is 9.61. The molecule has 6 heteroatoms. The van der Waals surface area contributed by atoms with Gasteiger partial charge in [-0.05, 0) is 13.3 Å². The molecule has 3 N–H and O–H groups in total. The molecular formula is C14H30N4O2. The third-order valence-electron chi connectivity index (χ3n) is 2.50. The molecule has 0 atom stereocenters. The molecule has 0 rings (SSSR count). The molecular weight excluding hydrogens is 256 g/mol. The largest absolute Gasteiger partial charge is 0.385 e. The molecule has 6 nitrogen and oxygen atoms in total. The molecule has 0 aromatic rings. The lowest BCUT2D eigenvalue weighted by Crippen LogP contribution is -2.43. The van der Waals surface area contributed by atoms with Crippen molar-refractivity contribution in [1.29, 1.82) is 0 Å². The second kappa shape index (κ2) is 10.5. The SMILES string of the molecule is CCNC(=NCCCOC)NCCNC(=O)C(C)(C)C. The zero-order valence-corrected chi connectivity index (χ0v) is 13.5. The van der Waals surface area contributed by atoms with Gasteiger partial charge in [0.25, 0.3) is 0 Å². The topological polar surface area (TPSA) is 74.8 Å². The summed E-state index contributed by atoms with van der Waals surface area (Å²) < 4.78 is 4.98. The molecule has 1 amide bonds. The second-order valence-corrected chi connectivity index (χ2v) is 5.54. The van der Waals surface area contributed by atoms with Gasteiger partial charge in [0.1, 0.15) is 0 Å². The fourth-order valence-corrected chi connectivity index (χ4v) is 1.36. The Bertz CT molecular complexity index is 298. The first-order valence-electron chi connectivity index (χ1n) is 7.21. The summed E-state index contributed by atoms with van der Waals surface area (Å²) >= 11 is 0. The molecule has 0 aromatic carbocycles. The average molecular weight is 286 g/mol. The molecule has 0 saturated heterocycles. The Morgan fingerprint density at radius 3 is 2.35 bits per heavy atom. The van der Waals surface area contributed by atoms with Crippen LogP contribution in [0.1, 0.15) is 34.1 Å². The van der Waals surface area contributed by atoms with E-state index in [1.807, 2.05) is 27.7 Å². The molecule has 0 aliphatic carbocycles. The van der Waals surface area contributed by atoms with Crippen molar-refractivity contribution in [2.75, 3.05) is 39.9 Å². The van der Waals surface area contributed by atoms with Gasteiger partial charge in [-0.15, -0.1) is 0 Å². The fourth-order valence-electron chi connectivity index (χ4n) is 1.36. The first-order valence-corrected chi connectivity index (χ1v) is 7.21. The molecule has 0 unspecified atom stereocenters. The predicted octanol–water partition coefficient (Wildman–Crippen LogP) is 0.740. The maximum atomic E-state index is 11.7. The standard InChI is InChI=1S/C14H30N4O2/c1-6-15-13(17-8-7-11-20-5)18-10-9-16-12(19)14(2,3)4/h6-11H2,1-5H3,(H,16,19)(H2,15,17,18). The molecule has 118 valence electrons. The number of guanidine groups is 1. The van der Waals surface area contributed by atoms with Crippen LogP contribution in [0.25, 0.3) is 0 Å². The van der Waals surface area contributed by atoms with Crippen LogP contribution in [0.2, 0.25) is 0 Å². The van der Waals surface area contributed by atoms with Crippen LogP contribution < -0.4 is 16.0 Å². The summed E-state index contributed by atoms with van der Waals surface area (Å²) in [6.07, 6.45) is 0.897. The third-order valence-corrected chi connectivity index (χ3v) is 2.50. The predicted molar refractivity (Wildman–Crippen MR) is 82.9 cm³/mol. The van der Waals surface area contributed by atoms with E-state index in [-0.39, 0.29) is 11.3 Å². The highest BCUT2D eigenvalue weighted by Gasteiger charge is 2.20. The highest BCUT2D eigenvalue weighted by Crippen LogP contribution is 2.11. The van der Waals surface area contributed by atoms with Gasteiger partial charge in [0.05, 0.1) is 0 Å². The van der Waals surface area contributed by atoms with Gasteiger partial charge in [0.2, 0.25) is 5.91 Å². The number of rotatable bonds is 8. The van der Waals surface area contributed by atoms with E-state index < -0.39 is 0 Å². The Balaban J connectivity index is 3.94. The van der Waals surface area contributed by atoms with E-state index in [0.717, 1.165) is 25.5 Å². The van der Waals surface area contributed by atoms with Gasteiger partial charge in [0, 0.05) is 45.3 Å². The number of carbonyl (C=O) groups is 1. The molecule has 0 heterocycles. The lowest BCUT2D eigenvalue weighted by Gasteiger charge is -2.18. The van der Waals surface area contributed by atoms with Gasteiger partial charge in [-0.1, -0.05) is 20.8 Å². The van der Waals surface area contributed by atoms with Crippen molar-refractivity contribution in [3.63, 3.8) is 0 Å². The van der Waals surface area contributed by atoms with E-state index in [1.165, 1.54) is 0 Å². The van der Waals surface area contributed by atoms with E-state index in [2.05, 4.69) is 20.9 Å². The Labute approximate surface area is 122 Å². The molecule has 20 heavy (non-hydrogen) atoms. The van der Waals surface area contributed by atoms with E-state index in [4.69, 9.17) is 4.74 Å². The summed E-state index contributed by atoms with van der Waals surface area (Å²) in [4.78, 5) is 16.1. The maximum Gasteiger partial charge on any atom is 0.225 e. The number of aliphatic imine (C=N–C) groups is 1. The van der Waals surface area contributed by atoms with Gasteiger partial charge in [-0.3, -0.25) is 9.79 Å². The maximum absolute atomic E-state index is 11.7. The van der Waals surface area contributed by atoms with Gasteiger partial charge in [0.15, 0.2) is 5.96 Å².